The Morgan fingerprint density at radius 2 is 1.93 bits per heavy atom. The SMILES string of the molecule is Cc1oc(C)c(C(=O)NCCN2C(=O)SC(=Cc3ccc(Cl)cc3Cl)C2=O)c1C. The Morgan fingerprint density at radius 1 is 1.21 bits per heavy atom. The Morgan fingerprint density at radius 3 is 2.55 bits per heavy atom. The summed E-state index contributed by atoms with van der Waals surface area (Å²) >= 11 is 12.8. The second-order valence-electron chi connectivity index (χ2n) is 6.47. The smallest absolute Gasteiger partial charge is 0.293 e. The molecule has 0 saturated carbocycles. The predicted octanol–water partition coefficient (Wildman–Crippen LogP) is 4.98. The summed E-state index contributed by atoms with van der Waals surface area (Å²) in [6.45, 7) is 5.52. The summed E-state index contributed by atoms with van der Waals surface area (Å²) in [4.78, 5) is 38.6. The molecule has 0 atom stereocenters. The van der Waals surface area contributed by atoms with Crippen molar-refractivity contribution in [1.29, 1.82) is 0 Å². The van der Waals surface area contributed by atoms with E-state index < -0.39 is 11.1 Å². The van der Waals surface area contributed by atoms with Crippen LogP contribution in [0.15, 0.2) is 27.5 Å². The van der Waals surface area contributed by atoms with Crippen LogP contribution in [-0.4, -0.2) is 35.0 Å². The van der Waals surface area contributed by atoms with Crippen LogP contribution < -0.4 is 5.32 Å². The topological polar surface area (TPSA) is 79.6 Å². The van der Waals surface area contributed by atoms with Crippen molar-refractivity contribution < 1.29 is 18.8 Å². The van der Waals surface area contributed by atoms with Crippen LogP contribution in [0.5, 0.6) is 0 Å². The first-order valence-corrected chi connectivity index (χ1v) is 10.3. The third-order valence-corrected chi connectivity index (χ3v) is 6.00. The molecule has 1 aliphatic rings. The molecule has 1 N–H and O–H groups in total. The van der Waals surface area contributed by atoms with Crippen molar-refractivity contribution in [2.75, 3.05) is 13.1 Å². The molecule has 9 heteroatoms. The summed E-state index contributed by atoms with van der Waals surface area (Å²) in [7, 11) is 0. The molecule has 0 aliphatic carbocycles. The fourth-order valence-electron chi connectivity index (χ4n) is 2.95. The van der Waals surface area contributed by atoms with Crippen molar-refractivity contribution in [3.63, 3.8) is 0 Å². The molecule has 29 heavy (non-hydrogen) atoms. The van der Waals surface area contributed by atoms with Gasteiger partial charge in [0.05, 0.1) is 10.5 Å². The van der Waals surface area contributed by atoms with Gasteiger partial charge in [-0.15, -0.1) is 0 Å². The van der Waals surface area contributed by atoms with E-state index in [4.69, 9.17) is 27.6 Å². The predicted molar refractivity (Wildman–Crippen MR) is 114 cm³/mol. The summed E-state index contributed by atoms with van der Waals surface area (Å²) in [5.74, 6) is 0.495. The molecule has 1 saturated heterocycles. The second-order valence-corrected chi connectivity index (χ2v) is 8.31. The summed E-state index contributed by atoms with van der Waals surface area (Å²) < 4.78 is 5.46. The van der Waals surface area contributed by atoms with E-state index in [-0.39, 0.29) is 23.9 Å². The Balaban J connectivity index is 1.65. The highest BCUT2D eigenvalue weighted by molar-refractivity contribution is 8.18. The number of nitrogens with zero attached hydrogens (tertiary/aromatic N) is 1. The van der Waals surface area contributed by atoms with Gasteiger partial charge in [-0.05, 0) is 56.3 Å². The number of thioether (sulfide) groups is 1. The minimum atomic E-state index is -0.424. The highest BCUT2D eigenvalue weighted by atomic mass is 35.5. The van der Waals surface area contributed by atoms with Gasteiger partial charge in [-0.3, -0.25) is 19.3 Å². The molecule has 2 aromatic rings. The maximum atomic E-state index is 12.6. The minimum Gasteiger partial charge on any atom is -0.466 e. The van der Waals surface area contributed by atoms with Gasteiger partial charge in [-0.1, -0.05) is 29.3 Å². The van der Waals surface area contributed by atoms with Gasteiger partial charge in [0, 0.05) is 28.7 Å². The van der Waals surface area contributed by atoms with Gasteiger partial charge in [-0.2, -0.15) is 0 Å². The highest BCUT2D eigenvalue weighted by Crippen LogP contribution is 2.33. The van der Waals surface area contributed by atoms with Crippen molar-refractivity contribution in [1.82, 2.24) is 10.2 Å². The van der Waals surface area contributed by atoms with E-state index in [1.54, 1.807) is 38.1 Å². The molecular weight excluding hydrogens is 435 g/mol. The lowest BCUT2D eigenvalue weighted by molar-refractivity contribution is -0.122. The van der Waals surface area contributed by atoms with Gasteiger partial charge in [0.25, 0.3) is 17.1 Å². The van der Waals surface area contributed by atoms with Gasteiger partial charge in [0.1, 0.15) is 11.5 Å². The molecule has 3 amide bonds. The number of hydrogen-bond donors (Lipinski definition) is 1. The van der Waals surface area contributed by atoms with Gasteiger partial charge in [-0.25, -0.2) is 0 Å². The van der Waals surface area contributed by atoms with Crippen LogP contribution in [0.1, 0.15) is 33.0 Å². The molecule has 2 heterocycles. The van der Waals surface area contributed by atoms with E-state index in [1.807, 2.05) is 6.92 Å². The molecular formula is C20H18Cl2N2O4S. The van der Waals surface area contributed by atoms with E-state index in [2.05, 4.69) is 5.32 Å². The number of furan rings is 1. The van der Waals surface area contributed by atoms with Gasteiger partial charge < -0.3 is 9.73 Å². The van der Waals surface area contributed by atoms with Gasteiger partial charge in [0.15, 0.2) is 0 Å². The first kappa shape index (κ1) is 21.5. The summed E-state index contributed by atoms with van der Waals surface area (Å²) in [5, 5.41) is 3.20. The maximum Gasteiger partial charge on any atom is 0.293 e. The molecule has 0 unspecified atom stereocenters. The van der Waals surface area contributed by atoms with Crippen LogP contribution in [0.25, 0.3) is 6.08 Å². The van der Waals surface area contributed by atoms with Crippen LogP contribution in [0, 0.1) is 20.8 Å². The van der Waals surface area contributed by atoms with E-state index in [9.17, 15) is 14.4 Å². The monoisotopic (exact) mass is 452 g/mol. The van der Waals surface area contributed by atoms with Crippen LogP contribution in [0.2, 0.25) is 10.0 Å². The molecule has 1 aromatic carbocycles. The zero-order chi connectivity index (χ0) is 21.3. The van der Waals surface area contributed by atoms with E-state index in [0.29, 0.717) is 32.7 Å². The number of aryl methyl sites for hydroxylation is 2. The summed E-state index contributed by atoms with van der Waals surface area (Å²) in [6.07, 6.45) is 1.56. The first-order chi connectivity index (χ1) is 13.7. The average Bonchev–Trinajstić information content (AvgIpc) is 3.06. The molecule has 3 rings (SSSR count). The second kappa shape index (κ2) is 8.65. The minimum absolute atomic E-state index is 0.0665. The molecule has 0 bridgehead atoms. The summed E-state index contributed by atoms with van der Waals surface area (Å²) in [5.41, 5.74) is 1.85. The number of rotatable bonds is 5. The molecule has 6 nitrogen and oxygen atoms in total. The van der Waals surface area contributed by atoms with Crippen LogP contribution in [-0.2, 0) is 4.79 Å². The quantitative estimate of drug-likeness (QED) is 0.647. The van der Waals surface area contributed by atoms with E-state index in [0.717, 1.165) is 22.2 Å². The fourth-order valence-corrected chi connectivity index (χ4v) is 4.27. The highest BCUT2D eigenvalue weighted by Gasteiger charge is 2.35. The Kier molecular flexibility index (Phi) is 6.41. The molecule has 0 radical (unpaired) electrons. The van der Waals surface area contributed by atoms with E-state index >= 15 is 0 Å². The number of carbonyl (C=O) groups is 3. The average molecular weight is 453 g/mol. The number of hydrogen-bond acceptors (Lipinski definition) is 5. The first-order valence-electron chi connectivity index (χ1n) is 8.74. The van der Waals surface area contributed by atoms with Gasteiger partial charge in [0.2, 0.25) is 0 Å². The van der Waals surface area contributed by atoms with Crippen LogP contribution in [0.3, 0.4) is 0 Å². The molecule has 152 valence electrons. The summed E-state index contributed by atoms with van der Waals surface area (Å²) in [6, 6.07) is 4.90. The molecule has 1 aromatic heterocycles. The number of amides is 3. The zero-order valence-corrected chi connectivity index (χ0v) is 18.3. The maximum absolute atomic E-state index is 12.6. The van der Waals surface area contributed by atoms with Crippen LogP contribution >= 0.6 is 35.0 Å². The normalized spacial score (nSPS) is 15.5. The standard InChI is InChI=1S/C20H18Cl2N2O4S/c1-10-11(2)28-12(3)17(10)18(25)23-6-7-24-19(26)16(29-20(24)27)8-13-4-5-14(21)9-15(13)22/h4-5,8-9H,6-7H2,1-3H3,(H,23,25). The van der Waals surface area contributed by atoms with Crippen molar-refractivity contribution in [3.8, 4) is 0 Å². The van der Waals surface area contributed by atoms with Crippen molar-refractivity contribution in [3.05, 3.63) is 61.4 Å². The number of carbonyl (C=O) groups excluding carboxylic acids is 3. The molecule has 1 fully saturated rings. The Labute approximate surface area is 182 Å². The number of imide groups is 1. The van der Waals surface area contributed by atoms with Crippen molar-refractivity contribution in [2.45, 2.75) is 20.8 Å². The van der Waals surface area contributed by atoms with E-state index in [1.165, 1.54) is 0 Å². The lowest BCUT2D eigenvalue weighted by Crippen LogP contribution is -2.37. The Bertz CT molecular complexity index is 1050. The fraction of sp³-hybridized carbons (Fsp3) is 0.250. The third-order valence-electron chi connectivity index (χ3n) is 4.53. The molecule has 0 spiro atoms. The van der Waals surface area contributed by atoms with Gasteiger partial charge >= 0.3 is 0 Å². The number of benzene rings is 1. The van der Waals surface area contributed by atoms with Crippen molar-refractivity contribution >= 4 is 58.1 Å². The zero-order valence-electron chi connectivity index (χ0n) is 16.0. The molecule has 1 aliphatic heterocycles. The number of halogens is 2. The third kappa shape index (κ3) is 4.52. The number of nitrogens with one attached hydrogen (secondary N) is 1. The van der Waals surface area contributed by atoms with Crippen molar-refractivity contribution in [2.24, 2.45) is 0 Å². The van der Waals surface area contributed by atoms with Crippen LogP contribution in [0.4, 0.5) is 4.79 Å². The lowest BCUT2D eigenvalue weighted by Gasteiger charge is -2.13. The largest absolute Gasteiger partial charge is 0.466 e. The lowest BCUT2D eigenvalue weighted by atomic mass is 10.1. The Hall–Kier alpha value is -2.22.